The maximum absolute atomic E-state index is 13.2. The second-order valence-electron chi connectivity index (χ2n) is 21.8. The van der Waals surface area contributed by atoms with Gasteiger partial charge in [-0.15, -0.1) is 0 Å². The lowest BCUT2D eigenvalue weighted by Gasteiger charge is -2.50. The zero-order chi connectivity index (χ0) is 49.7. The minimum absolute atomic E-state index is 0.0671. The summed E-state index contributed by atoms with van der Waals surface area (Å²) < 4.78 is 3.60. The molecule has 0 heterocycles. The third kappa shape index (κ3) is 29.2. The van der Waals surface area contributed by atoms with Gasteiger partial charge in [0, 0.05) is 0 Å². The molecule has 66 heavy (non-hydrogen) atoms. The van der Waals surface area contributed by atoms with Crippen molar-refractivity contribution in [2.45, 2.75) is 296 Å². The number of aliphatic hydroxyl groups is 4. The topological polar surface area (TPSA) is 171 Å². The Bertz CT molecular complexity index is 1240. The van der Waals surface area contributed by atoms with Crippen molar-refractivity contribution in [1.82, 2.24) is 0 Å². The summed E-state index contributed by atoms with van der Waals surface area (Å²) in [6.45, 7) is 16.8. The van der Waals surface area contributed by atoms with Crippen LogP contribution >= 0.6 is 17.2 Å². The Hall–Kier alpha value is -0.280. The van der Waals surface area contributed by atoms with E-state index in [1.807, 2.05) is 0 Å². The van der Waals surface area contributed by atoms with E-state index in [-0.39, 0.29) is 10.8 Å². The van der Waals surface area contributed by atoms with Crippen molar-refractivity contribution >= 4 is 17.2 Å². The average molecular weight is 975 g/mol. The van der Waals surface area contributed by atoms with E-state index in [1.54, 1.807) is 0 Å². The Labute approximate surface area is 409 Å². The summed E-state index contributed by atoms with van der Waals surface area (Å²) in [6.07, 6.45) is 40.9. The summed E-state index contributed by atoms with van der Waals surface area (Å²) in [7, 11) is -5.22. The molecule has 0 aliphatic heterocycles. The smallest absolute Gasteiger partial charge is 0.334 e. The van der Waals surface area contributed by atoms with E-state index in [0.717, 1.165) is 49.7 Å². The molecular formula is C55H108O9P2. The normalized spacial score (nSPS) is 13.9. The number of aliphatic hydroxyl groups excluding tert-OH is 3. The van der Waals surface area contributed by atoms with Gasteiger partial charge in [0.15, 0.2) is 0 Å². The first kappa shape index (κ1) is 65.7. The van der Waals surface area contributed by atoms with Gasteiger partial charge in [0.05, 0.1) is 24.7 Å². The highest BCUT2D eigenvalue weighted by atomic mass is 31.2. The van der Waals surface area contributed by atoms with Gasteiger partial charge in [0.25, 0.3) is 0 Å². The highest BCUT2D eigenvalue weighted by Gasteiger charge is 2.56. The average Bonchev–Trinajstić information content (AvgIpc) is 3.25. The SMILES string of the molecule is CCCCCCCCCCCCCCCCCCC(O)C(CO)(CO)C(O)(CCCCCCCCCCCCCCCCCC)c1ccc(C(C)(C)C)cc1C(C)(C)C.OP(O)OP(O)O. The van der Waals surface area contributed by atoms with Gasteiger partial charge in [-0.05, 0) is 40.4 Å². The molecule has 1 aromatic rings. The molecule has 11 heteroatoms. The third-order valence-electron chi connectivity index (χ3n) is 14.0. The van der Waals surface area contributed by atoms with Crippen LogP contribution in [0.5, 0.6) is 0 Å². The first-order valence-corrected chi connectivity index (χ1v) is 29.5. The van der Waals surface area contributed by atoms with Crippen LogP contribution in [-0.2, 0) is 20.7 Å². The van der Waals surface area contributed by atoms with E-state index in [0.29, 0.717) is 12.8 Å². The standard InChI is InChI=1S/C55H104O4.H4O5P2/c1-9-11-13-15-17-19-21-23-25-27-29-31-33-35-37-39-41-51(58)54(46-56,47-57)55(59,49-43-42-48(52(3,4)5)45-50(49)53(6,7)8)44-40-38-36-34-32-30-28-26-24-22-20-18-16-14-12-10-2;1-6(2)5-7(3)4/h42-43,45,51,56-59H,9-41,44,46-47H2,1-8H3;1-4H. The minimum atomic E-state index is -2.61. The van der Waals surface area contributed by atoms with Crippen LogP contribution in [0.25, 0.3) is 0 Å². The molecule has 0 fully saturated rings. The summed E-state index contributed by atoms with van der Waals surface area (Å²) in [5.41, 5.74) is -0.417. The number of benzene rings is 1. The van der Waals surface area contributed by atoms with Crippen LogP contribution in [0.2, 0.25) is 0 Å². The molecule has 2 unspecified atom stereocenters. The van der Waals surface area contributed by atoms with Crippen molar-refractivity contribution < 1.29 is 44.3 Å². The molecule has 1 aromatic carbocycles. The Morgan fingerprint density at radius 2 is 0.773 bits per heavy atom. The van der Waals surface area contributed by atoms with Crippen LogP contribution in [-0.4, -0.2) is 59.3 Å². The molecule has 0 saturated heterocycles. The molecule has 0 bridgehead atoms. The van der Waals surface area contributed by atoms with Gasteiger partial charge in [-0.2, -0.15) is 0 Å². The summed E-state index contributed by atoms with van der Waals surface area (Å²) in [5, 5.41) is 47.6. The number of hydrogen-bond donors (Lipinski definition) is 8. The fraction of sp³-hybridized carbons (Fsp3) is 0.891. The van der Waals surface area contributed by atoms with Crippen LogP contribution in [0.3, 0.4) is 0 Å². The van der Waals surface area contributed by atoms with Gasteiger partial charge in [0.2, 0.25) is 0 Å². The summed E-state index contributed by atoms with van der Waals surface area (Å²) in [6, 6.07) is 6.40. The predicted molar refractivity (Wildman–Crippen MR) is 282 cm³/mol. The molecule has 1 rings (SSSR count). The van der Waals surface area contributed by atoms with Gasteiger partial charge in [-0.25, -0.2) is 4.31 Å². The molecule has 0 amide bonds. The third-order valence-corrected chi connectivity index (χ3v) is 15.2. The van der Waals surface area contributed by atoms with Crippen molar-refractivity contribution in [3.05, 3.63) is 34.9 Å². The lowest BCUT2D eigenvalue weighted by molar-refractivity contribution is -0.197. The molecule has 0 radical (unpaired) electrons. The Kier molecular flexibility index (Phi) is 39.2. The maximum Gasteiger partial charge on any atom is 0.334 e. The molecule has 0 aromatic heterocycles. The number of hydrogen-bond acceptors (Lipinski definition) is 9. The molecule has 0 aliphatic rings. The van der Waals surface area contributed by atoms with Crippen molar-refractivity contribution in [3.63, 3.8) is 0 Å². The summed E-state index contributed by atoms with van der Waals surface area (Å²) in [5.74, 6) is 0. The van der Waals surface area contributed by atoms with E-state index < -0.39 is 47.5 Å². The molecule has 392 valence electrons. The van der Waals surface area contributed by atoms with Gasteiger partial charge >= 0.3 is 17.2 Å². The lowest BCUT2D eigenvalue weighted by atomic mass is 9.60. The van der Waals surface area contributed by atoms with E-state index in [2.05, 4.69) is 77.9 Å². The molecule has 9 nitrogen and oxygen atoms in total. The van der Waals surface area contributed by atoms with Crippen LogP contribution in [0.4, 0.5) is 0 Å². The largest absolute Gasteiger partial charge is 0.395 e. The van der Waals surface area contributed by atoms with Gasteiger partial charge in [-0.3, -0.25) is 0 Å². The van der Waals surface area contributed by atoms with Gasteiger partial charge < -0.3 is 40.0 Å². The second-order valence-corrected chi connectivity index (χ2v) is 23.5. The van der Waals surface area contributed by atoms with E-state index in [9.17, 15) is 20.4 Å². The first-order valence-electron chi connectivity index (χ1n) is 27.2. The molecule has 2 atom stereocenters. The number of rotatable bonds is 41. The summed E-state index contributed by atoms with van der Waals surface area (Å²) in [4.78, 5) is 31.3. The molecule has 0 saturated carbocycles. The van der Waals surface area contributed by atoms with Crippen LogP contribution < -0.4 is 0 Å². The number of unbranched alkanes of at least 4 members (excludes halogenated alkanes) is 30. The predicted octanol–water partition coefficient (Wildman–Crippen LogP) is 15.5. The van der Waals surface area contributed by atoms with Crippen molar-refractivity contribution in [2.75, 3.05) is 13.2 Å². The second kappa shape index (κ2) is 39.3. The van der Waals surface area contributed by atoms with Crippen molar-refractivity contribution in [1.29, 1.82) is 0 Å². The summed E-state index contributed by atoms with van der Waals surface area (Å²) >= 11 is 0. The molecule has 8 N–H and O–H groups in total. The Balaban J connectivity index is 0.00000554. The van der Waals surface area contributed by atoms with Crippen LogP contribution in [0.1, 0.15) is 290 Å². The fourth-order valence-electron chi connectivity index (χ4n) is 9.60. The van der Waals surface area contributed by atoms with Crippen molar-refractivity contribution in [2.24, 2.45) is 5.41 Å². The van der Waals surface area contributed by atoms with Crippen molar-refractivity contribution in [3.8, 4) is 0 Å². The van der Waals surface area contributed by atoms with Gasteiger partial charge in [-0.1, -0.05) is 279 Å². The Morgan fingerprint density at radius 3 is 1.05 bits per heavy atom. The fourth-order valence-corrected chi connectivity index (χ4v) is 10.1. The first-order chi connectivity index (χ1) is 31.4. The minimum Gasteiger partial charge on any atom is -0.395 e. The van der Waals surface area contributed by atoms with E-state index in [1.165, 1.54) is 173 Å². The van der Waals surface area contributed by atoms with Crippen LogP contribution in [0.15, 0.2) is 18.2 Å². The highest BCUT2D eigenvalue weighted by molar-refractivity contribution is 7.53. The Morgan fingerprint density at radius 1 is 0.455 bits per heavy atom. The van der Waals surface area contributed by atoms with E-state index in [4.69, 9.17) is 19.6 Å². The zero-order valence-corrected chi connectivity index (χ0v) is 45.9. The maximum atomic E-state index is 13.2. The molecule has 0 spiro atoms. The van der Waals surface area contributed by atoms with Crippen LogP contribution in [0, 0.1) is 5.41 Å². The molecular weight excluding hydrogens is 867 g/mol. The van der Waals surface area contributed by atoms with E-state index >= 15 is 0 Å². The zero-order valence-electron chi connectivity index (χ0n) is 44.1. The monoisotopic (exact) mass is 975 g/mol. The quantitative estimate of drug-likeness (QED) is 0.0235. The molecule has 0 aliphatic carbocycles. The highest BCUT2D eigenvalue weighted by Crippen LogP contribution is 2.50. The van der Waals surface area contributed by atoms with Gasteiger partial charge in [0.1, 0.15) is 5.60 Å². The lowest BCUT2D eigenvalue weighted by Crippen LogP contribution is -2.58.